The fraction of sp³-hybridized carbons (Fsp3) is 0.500. The van der Waals surface area contributed by atoms with Gasteiger partial charge in [-0.05, 0) is 40.6 Å². The highest BCUT2D eigenvalue weighted by Gasteiger charge is 2.40. The Kier molecular flexibility index (Phi) is 3.56. The van der Waals surface area contributed by atoms with Crippen LogP contribution in [0.4, 0.5) is 15.8 Å². The normalized spacial score (nSPS) is 16.4. The zero-order valence-electron chi connectivity index (χ0n) is 10.0. The van der Waals surface area contributed by atoms with Crippen LogP contribution in [0.25, 0.3) is 0 Å². The molecule has 0 atom stereocenters. The minimum atomic E-state index is -0.502. The predicted molar refractivity (Wildman–Crippen MR) is 71.2 cm³/mol. The largest absolute Gasteiger partial charge is 0.379 e. The van der Waals surface area contributed by atoms with Gasteiger partial charge in [0.15, 0.2) is 0 Å². The van der Waals surface area contributed by atoms with E-state index in [9.17, 15) is 14.5 Å². The molecule has 4 nitrogen and oxygen atoms in total. The average Bonchev–Trinajstić information content (AvgIpc) is 3.10. The zero-order chi connectivity index (χ0) is 13.3. The molecule has 0 radical (unpaired) electrons. The first kappa shape index (κ1) is 13.3. The van der Waals surface area contributed by atoms with Gasteiger partial charge in [-0.3, -0.25) is 10.1 Å². The number of hydrogen-bond donors (Lipinski definition) is 1. The Labute approximate surface area is 113 Å². The molecule has 0 bridgehead atoms. The molecule has 0 saturated heterocycles. The summed E-state index contributed by atoms with van der Waals surface area (Å²) in [6.07, 6.45) is 3.29. The van der Waals surface area contributed by atoms with Crippen LogP contribution < -0.4 is 5.32 Å². The smallest absolute Gasteiger partial charge is 0.293 e. The third-order valence-corrected chi connectivity index (χ3v) is 4.20. The van der Waals surface area contributed by atoms with Gasteiger partial charge in [-0.2, -0.15) is 0 Å². The molecule has 0 spiro atoms. The van der Waals surface area contributed by atoms with Crippen LogP contribution in [0.2, 0.25) is 0 Å². The van der Waals surface area contributed by atoms with Crippen molar-refractivity contribution in [2.45, 2.75) is 26.2 Å². The van der Waals surface area contributed by atoms with Crippen molar-refractivity contribution in [3.05, 3.63) is 32.5 Å². The van der Waals surface area contributed by atoms with Crippen LogP contribution in [0, 0.1) is 21.3 Å². The van der Waals surface area contributed by atoms with Crippen molar-refractivity contribution in [3.8, 4) is 0 Å². The Bertz CT molecular complexity index is 489. The van der Waals surface area contributed by atoms with Gasteiger partial charge in [0, 0.05) is 18.7 Å². The van der Waals surface area contributed by atoms with Crippen molar-refractivity contribution < 1.29 is 9.31 Å². The molecule has 98 valence electrons. The second kappa shape index (κ2) is 4.84. The number of halogens is 2. The molecule has 0 aromatic heterocycles. The third-order valence-electron chi connectivity index (χ3n) is 3.60. The summed E-state index contributed by atoms with van der Waals surface area (Å²) in [5.41, 5.74) is 0.396. The molecule has 1 fully saturated rings. The van der Waals surface area contributed by atoms with Gasteiger partial charge in [-0.25, -0.2) is 4.39 Å². The molecule has 1 N–H and O–H groups in total. The van der Waals surface area contributed by atoms with Crippen LogP contribution in [-0.2, 0) is 0 Å². The molecule has 1 saturated carbocycles. The van der Waals surface area contributed by atoms with Gasteiger partial charge >= 0.3 is 0 Å². The van der Waals surface area contributed by atoms with Crippen LogP contribution in [0.3, 0.4) is 0 Å². The number of nitrogens with zero attached hydrogens (tertiary/aromatic N) is 1. The molecule has 1 aliphatic carbocycles. The monoisotopic (exact) mass is 316 g/mol. The van der Waals surface area contributed by atoms with E-state index >= 15 is 0 Å². The molecule has 0 amide bonds. The van der Waals surface area contributed by atoms with E-state index in [2.05, 4.69) is 28.2 Å². The summed E-state index contributed by atoms with van der Waals surface area (Å²) in [6, 6.07) is 2.37. The standard InChI is InChI=1S/C12H14BrFN2O2/c1-2-12(3-4-12)7-15-10-6-9(14)8(13)5-11(10)16(17)18/h5-6,15H,2-4,7H2,1H3. The fourth-order valence-corrected chi connectivity index (χ4v) is 2.28. The number of benzene rings is 1. The lowest BCUT2D eigenvalue weighted by atomic mass is 10.0. The second-order valence-electron chi connectivity index (χ2n) is 4.75. The first-order chi connectivity index (χ1) is 8.47. The lowest BCUT2D eigenvalue weighted by Crippen LogP contribution is -2.15. The van der Waals surface area contributed by atoms with E-state index < -0.39 is 10.7 Å². The molecule has 0 aliphatic heterocycles. The SMILES string of the molecule is CCC1(CNc2cc(F)c(Br)cc2[N+](=O)[O-])CC1. The van der Waals surface area contributed by atoms with Crippen LogP contribution >= 0.6 is 15.9 Å². The summed E-state index contributed by atoms with van der Waals surface area (Å²) in [4.78, 5) is 10.4. The molecular formula is C12H14BrFN2O2. The maximum absolute atomic E-state index is 13.4. The lowest BCUT2D eigenvalue weighted by molar-refractivity contribution is -0.384. The molecule has 18 heavy (non-hydrogen) atoms. The highest BCUT2D eigenvalue weighted by Crippen LogP contribution is 2.48. The number of hydrogen-bond acceptors (Lipinski definition) is 3. The maximum atomic E-state index is 13.4. The van der Waals surface area contributed by atoms with E-state index in [4.69, 9.17) is 0 Å². The Morgan fingerprint density at radius 1 is 1.56 bits per heavy atom. The molecule has 1 aromatic carbocycles. The Morgan fingerprint density at radius 2 is 2.22 bits per heavy atom. The van der Waals surface area contributed by atoms with Gasteiger partial charge in [0.1, 0.15) is 11.5 Å². The van der Waals surface area contributed by atoms with E-state index in [-0.39, 0.29) is 21.3 Å². The number of nitro benzene ring substituents is 1. The van der Waals surface area contributed by atoms with Crippen molar-refractivity contribution in [3.63, 3.8) is 0 Å². The van der Waals surface area contributed by atoms with Crippen molar-refractivity contribution in [2.75, 3.05) is 11.9 Å². The topological polar surface area (TPSA) is 55.2 Å². The highest BCUT2D eigenvalue weighted by atomic mass is 79.9. The highest BCUT2D eigenvalue weighted by molar-refractivity contribution is 9.10. The molecule has 2 rings (SSSR count). The van der Waals surface area contributed by atoms with Crippen molar-refractivity contribution in [1.29, 1.82) is 0 Å². The first-order valence-corrected chi connectivity index (χ1v) is 6.64. The molecule has 6 heteroatoms. The van der Waals surface area contributed by atoms with Crippen LogP contribution in [0.1, 0.15) is 26.2 Å². The first-order valence-electron chi connectivity index (χ1n) is 5.85. The summed E-state index contributed by atoms with van der Waals surface area (Å²) in [5.74, 6) is -0.496. The number of nitrogens with one attached hydrogen (secondary N) is 1. The van der Waals surface area contributed by atoms with Crippen molar-refractivity contribution in [1.82, 2.24) is 0 Å². The van der Waals surface area contributed by atoms with Gasteiger partial charge in [0.2, 0.25) is 0 Å². The Balaban J connectivity index is 2.20. The quantitative estimate of drug-likeness (QED) is 0.657. The van der Waals surface area contributed by atoms with E-state index in [1.165, 1.54) is 12.1 Å². The van der Waals surface area contributed by atoms with Crippen LogP contribution in [0.15, 0.2) is 16.6 Å². The summed E-state index contributed by atoms with van der Waals surface area (Å²) >= 11 is 2.96. The zero-order valence-corrected chi connectivity index (χ0v) is 11.6. The van der Waals surface area contributed by atoms with E-state index in [1.807, 2.05) is 0 Å². The fourth-order valence-electron chi connectivity index (χ4n) is 1.94. The molecular weight excluding hydrogens is 303 g/mol. The lowest BCUT2D eigenvalue weighted by Gasteiger charge is -2.14. The number of anilines is 1. The minimum absolute atomic E-state index is 0.102. The van der Waals surface area contributed by atoms with Gasteiger partial charge in [0.05, 0.1) is 9.40 Å². The summed E-state index contributed by atoms with van der Waals surface area (Å²) < 4.78 is 13.5. The Morgan fingerprint density at radius 3 is 2.72 bits per heavy atom. The second-order valence-corrected chi connectivity index (χ2v) is 5.60. The van der Waals surface area contributed by atoms with E-state index in [0.717, 1.165) is 19.3 Å². The maximum Gasteiger partial charge on any atom is 0.293 e. The van der Waals surface area contributed by atoms with E-state index in [1.54, 1.807) is 0 Å². The van der Waals surface area contributed by atoms with Crippen molar-refractivity contribution >= 4 is 27.3 Å². The predicted octanol–water partition coefficient (Wildman–Crippen LogP) is 4.10. The van der Waals surface area contributed by atoms with Gasteiger partial charge < -0.3 is 5.32 Å². The van der Waals surface area contributed by atoms with Gasteiger partial charge in [-0.15, -0.1) is 0 Å². The number of rotatable bonds is 5. The van der Waals surface area contributed by atoms with Crippen LogP contribution in [0.5, 0.6) is 0 Å². The molecule has 0 heterocycles. The Hall–Kier alpha value is -1.17. The molecule has 1 aliphatic rings. The summed E-state index contributed by atoms with van der Waals surface area (Å²) in [5, 5.41) is 13.9. The third kappa shape index (κ3) is 2.63. The van der Waals surface area contributed by atoms with Gasteiger partial charge in [-0.1, -0.05) is 6.92 Å². The minimum Gasteiger partial charge on any atom is -0.379 e. The molecule has 0 unspecified atom stereocenters. The van der Waals surface area contributed by atoms with Crippen LogP contribution in [-0.4, -0.2) is 11.5 Å². The number of nitro groups is 1. The van der Waals surface area contributed by atoms with E-state index in [0.29, 0.717) is 6.54 Å². The summed E-state index contributed by atoms with van der Waals surface area (Å²) in [6.45, 7) is 2.76. The average molecular weight is 317 g/mol. The van der Waals surface area contributed by atoms with Crippen molar-refractivity contribution in [2.24, 2.45) is 5.41 Å². The molecule has 1 aromatic rings. The summed E-state index contributed by atoms with van der Waals surface area (Å²) in [7, 11) is 0. The van der Waals surface area contributed by atoms with Gasteiger partial charge in [0.25, 0.3) is 5.69 Å².